The Morgan fingerprint density at radius 2 is 1.83 bits per heavy atom. The minimum absolute atomic E-state index is 0.541. The average molecular weight is 512 g/mol. The molecule has 3 aromatic rings. The van der Waals surface area contributed by atoms with Crippen LogP contribution in [0.5, 0.6) is 11.5 Å². The lowest BCUT2D eigenvalue weighted by Gasteiger charge is -2.27. The second-order valence-corrected chi connectivity index (χ2v) is 10.6. The predicted molar refractivity (Wildman–Crippen MR) is 145 cm³/mol. The van der Waals surface area contributed by atoms with Crippen molar-refractivity contribution < 1.29 is 14.6 Å². The van der Waals surface area contributed by atoms with E-state index in [2.05, 4.69) is 47.6 Å². The number of hydrogen-bond acceptors (Lipinski definition) is 5. The zero-order chi connectivity index (χ0) is 25.7. The maximum atomic E-state index is 10.5. The van der Waals surface area contributed by atoms with Crippen LogP contribution in [0.1, 0.15) is 56.9 Å². The van der Waals surface area contributed by atoms with Crippen LogP contribution in [0, 0.1) is 6.92 Å². The molecule has 0 atom stereocenters. The molecule has 2 heterocycles. The molecule has 0 aliphatic carbocycles. The number of aromatic nitrogens is 2. The molecule has 0 radical (unpaired) electrons. The van der Waals surface area contributed by atoms with Crippen LogP contribution in [0.4, 0.5) is 0 Å². The topological polar surface area (TPSA) is 59.8 Å². The molecular formula is C29H38ClN3O3. The van der Waals surface area contributed by atoms with Crippen LogP contribution >= 0.6 is 11.6 Å². The molecule has 7 heteroatoms. The van der Waals surface area contributed by atoms with Crippen molar-refractivity contribution in [1.29, 1.82) is 0 Å². The highest BCUT2D eigenvalue weighted by Gasteiger charge is 2.23. The largest absolute Gasteiger partial charge is 0.486 e. The second-order valence-electron chi connectivity index (χ2n) is 10.2. The number of imidazole rings is 1. The lowest BCUT2D eigenvalue weighted by Crippen LogP contribution is -2.31. The van der Waals surface area contributed by atoms with Crippen molar-refractivity contribution in [2.45, 2.75) is 72.2 Å². The minimum Gasteiger partial charge on any atom is -0.486 e. The quantitative estimate of drug-likeness (QED) is 0.330. The Labute approximate surface area is 219 Å². The number of benzene rings is 2. The van der Waals surface area contributed by atoms with E-state index in [0.717, 1.165) is 53.5 Å². The first kappa shape index (κ1) is 26.5. The first-order valence-corrected chi connectivity index (χ1v) is 13.3. The van der Waals surface area contributed by atoms with E-state index in [9.17, 15) is 5.11 Å². The number of fused-ring (bicyclic) bond motifs is 1. The third kappa shape index (κ3) is 6.61. The van der Waals surface area contributed by atoms with Crippen LogP contribution in [-0.2, 0) is 19.6 Å². The van der Waals surface area contributed by atoms with E-state index in [-0.39, 0.29) is 0 Å². The molecule has 1 aliphatic rings. The summed E-state index contributed by atoms with van der Waals surface area (Å²) in [5.74, 6) is 2.49. The molecule has 1 aliphatic heterocycles. The van der Waals surface area contributed by atoms with Gasteiger partial charge in [0.15, 0.2) is 16.7 Å². The number of hydrogen-bond donors (Lipinski definition) is 1. The molecule has 1 N–H and O–H groups in total. The Kier molecular flexibility index (Phi) is 8.60. The molecule has 0 unspecified atom stereocenters. The van der Waals surface area contributed by atoms with E-state index in [0.29, 0.717) is 44.4 Å². The first-order chi connectivity index (χ1) is 17.2. The fourth-order valence-electron chi connectivity index (χ4n) is 4.50. The van der Waals surface area contributed by atoms with Crippen molar-refractivity contribution in [2.24, 2.45) is 0 Å². The van der Waals surface area contributed by atoms with E-state index in [1.165, 1.54) is 5.56 Å². The molecule has 0 saturated heterocycles. The molecule has 36 heavy (non-hydrogen) atoms. The molecule has 194 valence electrons. The Balaban J connectivity index is 1.66. The molecule has 0 saturated carbocycles. The van der Waals surface area contributed by atoms with E-state index < -0.39 is 5.60 Å². The highest BCUT2D eigenvalue weighted by atomic mass is 35.5. The number of ether oxygens (including phenoxy) is 2. The van der Waals surface area contributed by atoms with Gasteiger partial charge in [0.25, 0.3) is 0 Å². The molecule has 4 rings (SSSR count). The summed E-state index contributed by atoms with van der Waals surface area (Å²) in [6.07, 6.45) is 2.77. The van der Waals surface area contributed by atoms with E-state index in [1.54, 1.807) is 0 Å². The van der Waals surface area contributed by atoms with Crippen LogP contribution in [-0.4, -0.2) is 44.9 Å². The summed E-state index contributed by atoms with van der Waals surface area (Å²) in [5.41, 5.74) is 3.67. The summed E-state index contributed by atoms with van der Waals surface area (Å²) in [4.78, 5) is 7.17. The number of halogens is 1. The highest BCUT2D eigenvalue weighted by molar-refractivity contribution is 6.30. The molecule has 0 bridgehead atoms. The van der Waals surface area contributed by atoms with Crippen molar-refractivity contribution in [3.05, 3.63) is 64.4 Å². The maximum Gasteiger partial charge on any atom is 0.161 e. The van der Waals surface area contributed by atoms with E-state index >= 15 is 0 Å². The van der Waals surface area contributed by atoms with E-state index in [4.69, 9.17) is 26.1 Å². The summed E-state index contributed by atoms with van der Waals surface area (Å²) in [7, 11) is 0. The number of aryl methyl sites for hydroxylation is 1. The Bertz CT molecular complexity index is 1170. The minimum atomic E-state index is -0.760. The molecule has 2 aromatic carbocycles. The second kappa shape index (κ2) is 11.7. The smallest absolute Gasteiger partial charge is 0.161 e. The summed E-state index contributed by atoms with van der Waals surface area (Å²) in [5, 5.41) is 11.0. The molecule has 0 fully saturated rings. The molecule has 0 amide bonds. The van der Waals surface area contributed by atoms with Crippen molar-refractivity contribution in [3.63, 3.8) is 0 Å². The molecule has 1 aromatic heterocycles. The third-order valence-corrected chi connectivity index (χ3v) is 6.87. The van der Waals surface area contributed by atoms with Crippen LogP contribution in [0.15, 0.2) is 42.5 Å². The standard InChI is InChI=1S/C29H38ClN3O3/c1-5-6-14-33-24(27(30)31-28(33)23-10-8-7-9-21(23)2)20-32(15-13-29(3,4)34)19-22-11-12-25-26(18-22)36-17-16-35-25/h7-12,18,34H,5-6,13-17,19-20H2,1-4H3. The average Bonchev–Trinajstić information content (AvgIpc) is 3.15. The lowest BCUT2D eigenvalue weighted by atomic mass is 10.0. The van der Waals surface area contributed by atoms with Crippen LogP contribution in [0.3, 0.4) is 0 Å². The molecule has 0 spiro atoms. The fourth-order valence-corrected chi connectivity index (χ4v) is 4.74. The highest BCUT2D eigenvalue weighted by Crippen LogP contribution is 2.33. The number of aliphatic hydroxyl groups is 1. The monoisotopic (exact) mass is 511 g/mol. The molecule has 6 nitrogen and oxygen atoms in total. The Hall–Kier alpha value is -2.54. The van der Waals surface area contributed by atoms with Gasteiger partial charge < -0.3 is 19.1 Å². The summed E-state index contributed by atoms with van der Waals surface area (Å²) >= 11 is 6.82. The van der Waals surface area contributed by atoms with E-state index in [1.807, 2.05) is 32.0 Å². The summed E-state index contributed by atoms with van der Waals surface area (Å²) < 4.78 is 13.8. The Morgan fingerprint density at radius 1 is 1.08 bits per heavy atom. The van der Waals surface area contributed by atoms with Gasteiger partial charge in [-0.3, -0.25) is 4.90 Å². The summed E-state index contributed by atoms with van der Waals surface area (Å²) in [6.45, 7) is 12.1. The van der Waals surface area contributed by atoms with Gasteiger partial charge in [0, 0.05) is 31.7 Å². The fraction of sp³-hybridized carbons (Fsp3) is 0.483. The number of unbranched alkanes of at least 4 members (excludes halogenated alkanes) is 1. The van der Waals surface area contributed by atoms with Crippen molar-refractivity contribution in [1.82, 2.24) is 14.5 Å². The maximum absolute atomic E-state index is 10.5. The van der Waals surface area contributed by atoms with Gasteiger partial charge in [0.2, 0.25) is 0 Å². The van der Waals surface area contributed by atoms with Crippen molar-refractivity contribution in [2.75, 3.05) is 19.8 Å². The number of nitrogens with zero attached hydrogens (tertiary/aromatic N) is 3. The van der Waals surface area contributed by atoms with Crippen molar-refractivity contribution >= 4 is 11.6 Å². The van der Waals surface area contributed by atoms with Gasteiger partial charge in [0.1, 0.15) is 19.0 Å². The zero-order valence-corrected chi connectivity index (χ0v) is 22.6. The van der Waals surface area contributed by atoms with Gasteiger partial charge in [0.05, 0.1) is 11.3 Å². The predicted octanol–water partition coefficient (Wildman–Crippen LogP) is 6.25. The Morgan fingerprint density at radius 3 is 2.56 bits per heavy atom. The van der Waals surface area contributed by atoms with Gasteiger partial charge in [-0.25, -0.2) is 4.98 Å². The van der Waals surface area contributed by atoms with Crippen LogP contribution in [0.25, 0.3) is 11.4 Å². The van der Waals surface area contributed by atoms with Crippen molar-refractivity contribution in [3.8, 4) is 22.9 Å². The van der Waals surface area contributed by atoms with Gasteiger partial charge in [-0.15, -0.1) is 0 Å². The first-order valence-electron chi connectivity index (χ1n) is 12.9. The van der Waals surface area contributed by atoms with Gasteiger partial charge in [-0.1, -0.05) is 55.3 Å². The number of rotatable bonds is 11. The van der Waals surface area contributed by atoms with Gasteiger partial charge >= 0.3 is 0 Å². The summed E-state index contributed by atoms with van der Waals surface area (Å²) in [6, 6.07) is 14.4. The zero-order valence-electron chi connectivity index (χ0n) is 21.9. The lowest BCUT2D eigenvalue weighted by molar-refractivity contribution is 0.0549. The normalized spacial score (nSPS) is 13.4. The third-order valence-electron chi connectivity index (χ3n) is 6.57. The van der Waals surface area contributed by atoms with Gasteiger partial charge in [-0.05, 0) is 56.9 Å². The van der Waals surface area contributed by atoms with Crippen LogP contribution in [0.2, 0.25) is 5.15 Å². The molecular weight excluding hydrogens is 474 g/mol. The SMILES string of the molecule is CCCCn1c(-c2ccccc2C)nc(Cl)c1CN(CCC(C)(C)O)Cc1ccc2c(c1)OCCO2. The van der Waals surface area contributed by atoms with Gasteiger partial charge in [-0.2, -0.15) is 0 Å². The van der Waals surface area contributed by atoms with Crippen LogP contribution < -0.4 is 9.47 Å².